The van der Waals surface area contributed by atoms with Crippen LogP contribution < -0.4 is 4.74 Å². The average molecular weight is 338 g/mol. The third kappa shape index (κ3) is 3.20. The minimum atomic E-state index is -0.296. The molecule has 0 aliphatic heterocycles. The zero-order valence-electron chi connectivity index (χ0n) is 14.9. The van der Waals surface area contributed by atoms with E-state index < -0.39 is 0 Å². The molecule has 0 bridgehead atoms. The lowest BCUT2D eigenvalue weighted by Gasteiger charge is -2.23. The van der Waals surface area contributed by atoms with Crippen LogP contribution in [0, 0.1) is 6.92 Å². The summed E-state index contributed by atoms with van der Waals surface area (Å²) in [5, 5.41) is 0.993. The second kappa shape index (κ2) is 6.93. The lowest BCUT2D eigenvalue weighted by Crippen LogP contribution is -2.33. The molecule has 3 rings (SSSR count). The van der Waals surface area contributed by atoms with Crippen LogP contribution in [0.15, 0.2) is 42.9 Å². The number of hydrogen-bond acceptors (Lipinski definition) is 4. The van der Waals surface area contributed by atoms with E-state index in [9.17, 15) is 4.79 Å². The van der Waals surface area contributed by atoms with Crippen molar-refractivity contribution < 1.29 is 9.53 Å². The molecule has 2 heterocycles. The highest BCUT2D eigenvalue weighted by Gasteiger charge is 2.21. The van der Waals surface area contributed by atoms with Crippen molar-refractivity contribution in [1.29, 1.82) is 0 Å². The number of fused-ring (bicyclic) bond motifs is 1. The van der Waals surface area contributed by atoms with E-state index in [-0.39, 0.29) is 11.9 Å². The number of carbonyl (C=O) groups is 1. The van der Waals surface area contributed by atoms with Crippen molar-refractivity contribution >= 4 is 16.8 Å². The Morgan fingerprint density at radius 1 is 1.28 bits per heavy atom. The van der Waals surface area contributed by atoms with Gasteiger partial charge in [-0.3, -0.25) is 9.78 Å². The van der Waals surface area contributed by atoms with Gasteiger partial charge in [0.05, 0.1) is 7.11 Å². The van der Waals surface area contributed by atoms with Gasteiger partial charge < -0.3 is 14.2 Å². The van der Waals surface area contributed by atoms with Gasteiger partial charge in [0, 0.05) is 37.6 Å². The molecule has 0 N–H and O–H groups in total. The molecule has 3 aromatic rings. The summed E-state index contributed by atoms with van der Waals surface area (Å²) in [7, 11) is 3.45. The normalized spacial score (nSPS) is 12.2. The fourth-order valence-electron chi connectivity index (χ4n) is 3.08. The monoisotopic (exact) mass is 338 g/mol. The molecule has 0 saturated carbocycles. The fourth-order valence-corrected chi connectivity index (χ4v) is 3.08. The van der Waals surface area contributed by atoms with E-state index in [0.717, 1.165) is 28.0 Å². The summed E-state index contributed by atoms with van der Waals surface area (Å²) < 4.78 is 7.26. The van der Waals surface area contributed by atoms with Gasteiger partial charge in [0.25, 0.3) is 0 Å². The molecule has 0 radical (unpaired) electrons. The molecule has 1 aromatic carbocycles. The Balaban J connectivity index is 1.86. The largest absolute Gasteiger partial charge is 0.494 e. The first kappa shape index (κ1) is 17.0. The zero-order chi connectivity index (χ0) is 18.0. The number of imidazole rings is 1. The van der Waals surface area contributed by atoms with Gasteiger partial charge in [-0.1, -0.05) is 12.1 Å². The molecule has 2 aromatic heterocycles. The number of ether oxygens (including phenoxy) is 1. The number of rotatable bonds is 5. The summed E-state index contributed by atoms with van der Waals surface area (Å²) in [5.74, 6) is 1.60. The van der Waals surface area contributed by atoms with Gasteiger partial charge >= 0.3 is 0 Å². The third-order valence-electron chi connectivity index (χ3n) is 4.46. The maximum absolute atomic E-state index is 12.8. The maximum Gasteiger partial charge on any atom is 0.245 e. The topological polar surface area (TPSA) is 60.2 Å². The second-order valence-electron chi connectivity index (χ2n) is 6.08. The average Bonchev–Trinajstić information content (AvgIpc) is 3.06. The molecule has 130 valence electrons. The van der Waals surface area contributed by atoms with Crippen LogP contribution in [-0.4, -0.2) is 39.5 Å². The predicted molar refractivity (Wildman–Crippen MR) is 96.4 cm³/mol. The molecule has 1 unspecified atom stereocenters. The highest BCUT2D eigenvalue weighted by atomic mass is 16.5. The number of hydrogen-bond donors (Lipinski definition) is 0. The first-order valence-corrected chi connectivity index (χ1v) is 8.18. The van der Waals surface area contributed by atoms with E-state index in [0.29, 0.717) is 6.54 Å². The zero-order valence-corrected chi connectivity index (χ0v) is 14.9. The first-order valence-electron chi connectivity index (χ1n) is 8.18. The SMILES string of the molecule is COc1ccc(CN(C)C(=O)C(C)n2ccnc2C)c2cccnc12. The second-order valence-corrected chi connectivity index (χ2v) is 6.08. The molecule has 25 heavy (non-hydrogen) atoms. The molecule has 0 aliphatic carbocycles. The number of aryl methyl sites for hydroxylation is 1. The minimum Gasteiger partial charge on any atom is -0.494 e. The van der Waals surface area contributed by atoms with Gasteiger partial charge in [-0.05, 0) is 31.5 Å². The number of aromatic nitrogens is 3. The number of methoxy groups -OCH3 is 1. The molecule has 0 saturated heterocycles. The number of benzene rings is 1. The third-order valence-corrected chi connectivity index (χ3v) is 4.46. The Hall–Kier alpha value is -2.89. The van der Waals surface area contributed by atoms with E-state index in [2.05, 4.69) is 9.97 Å². The summed E-state index contributed by atoms with van der Waals surface area (Å²) in [4.78, 5) is 23.1. The predicted octanol–water partition coefficient (Wildman–Crippen LogP) is 2.97. The highest BCUT2D eigenvalue weighted by Crippen LogP contribution is 2.27. The van der Waals surface area contributed by atoms with Gasteiger partial charge in [-0.25, -0.2) is 4.98 Å². The van der Waals surface area contributed by atoms with Gasteiger partial charge in [0.15, 0.2) is 0 Å². The van der Waals surface area contributed by atoms with Crippen molar-refractivity contribution in [3.05, 3.63) is 54.2 Å². The molecule has 1 amide bonds. The van der Waals surface area contributed by atoms with E-state index >= 15 is 0 Å². The smallest absolute Gasteiger partial charge is 0.245 e. The quantitative estimate of drug-likeness (QED) is 0.717. The van der Waals surface area contributed by atoms with Crippen molar-refractivity contribution in [3.8, 4) is 5.75 Å². The Morgan fingerprint density at radius 2 is 2.08 bits per heavy atom. The minimum absolute atomic E-state index is 0.0361. The van der Waals surface area contributed by atoms with Crippen LogP contribution in [0.2, 0.25) is 0 Å². The van der Waals surface area contributed by atoms with Crippen molar-refractivity contribution in [2.45, 2.75) is 26.4 Å². The van der Waals surface area contributed by atoms with Crippen LogP contribution in [0.25, 0.3) is 10.9 Å². The molecule has 0 aliphatic rings. The van der Waals surface area contributed by atoms with Crippen LogP contribution >= 0.6 is 0 Å². The molecule has 0 fully saturated rings. The van der Waals surface area contributed by atoms with Crippen LogP contribution in [0.3, 0.4) is 0 Å². The Bertz CT molecular complexity index is 903. The number of amides is 1. The van der Waals surface area contributed by atoms with Crippen molar-refractivity contribution in [2.24, 2.45) is 0 Å². The molecule has 1 atom stereocenters. The van der Waals surface area contributed by atoms with E-state index in [1.54, 1.807) is 24.4 Å². The molecular formula is C19H22N4O2. The Labute approximate surface area is 147 Å². The van der Waals surface area contributed by atoms with Gasteiger partial charge in [0.1, 0.15) is 23.1 Å². The highest BCUT2D eigenvalue weighted by molar-refractivity contribution is 5.88. The summed E-state index contributed by atoms with van der Waals surface area (Å²) in [5.41, 5.74) is 1.84. The van der Waals surface area contributed by atoms with Gasteiger partial charge in [-0.15, -0.1) is 0 Å². The Kier molecular flexibility index (Phi) is 4.70. The first-order chi connectivity index (χ1) is 12.0. The molecule has 6 heteroatoms. The van der Waals surface area contributed by atoms with E-state index in [1.165, 1.54) is 0 Å². The van der Waals surface area contributed by atoms with E-state index in [4.69, 9.17) is 4.74 Å². The van der Waals surface area contributed by atoms with Crippen LogP contribution in [0.1, 0.15) is 24.4 Å². The lowest BCUT2D eigenvalue weighted by molar-refractivity contribution is -0.133. The van der Waals surface area contributed by atoms with Crippen LogP contribution in [-0.2, 0) is 11.3 Å². The van der Waals surface area contributed by atoms with E-state index in [1.807, 2.05) is 55.9 Å². The standard InChI is InChI=1S/C19H22N4O2/c1-13(23-11-10-20-14(23)2)19(24)22(3)12-15-7-8-17(25-4)18-16(15)6-5-9-21-18/h5-11,13H,12H2,1-4H3. The number of nitrogens with zero attached hydrogens (tertiary/aromatic N) is 4. The van der Waals surface area contributed by atoms with Crippen LogP contribution in [0.4, 0.5) is 0 Å². The summed E-state index contributed by atoms with van der Waals surface area (Å²) in [6.45, 7) is 4.29. The Morgan fingerprint density at radius 3 is 2.76 bits per heavy atom. The van der Waals surface area contributed by atoms with Crippen LogP contribution in [0.5, 0.6) is 5.75 Å². The fraction of sp³-hybridized carbons (Fsp3) is 0.316. The molecule has 6 nitrogen and oxygen atoms in total. The van der Waals surface area contributed by atoms with Gasteiger partial charge in [-0.2, -0.15) is 0 Å². The summed E-state index contributed by atoms with van der Waals surface area (Å²) in [6, 6.07) is 7.48. The van der Waals surface area contributed by atoms with Crippen molar-refractivity contribution in [3.63, 3.8) is 0 Å². The number of pyridine rings is 1. The summed E-state index contributed by atoms with van der Waals surface area (Å²) >= 11 is 0. The lowest BCUT2D eigenvalue weighted by atomic mass is 10.1. The van der Waals surface area contributed by atoms with Crippen molar-refractivity contribution in [2.75, 3.05) is 14.2 Å². The molecular weight excluding hydrogens is 316 g/mol. The summed E-state index contributed by atoms with van der Waals surface area (Å²) in [6.07, 6.45) is 5.29. The van der Waals surface area contributed by atoms with Crippen molar-refractivity contribution in [1.82, 2.24) is 19.4 Å². The maximum atomic E-state index is 12.8. The number of likely N-dealkylation sites (N-methyl/N-ethyl adjacent to an activating group) is 1. The molecule has 0 spiro atoms. The number of carbonyl (C=O) groups excluding carboxylic acids is 1. The van der Waals surface area contributed by atoms with Gasteiger partial charge in [0.2, 0.25) is 5.91 Å².